The topological polar surface area (TPSA) is 17.1 Å². The van der Waals surface area contributed by atoms with Crippen molar-refractivity contribution < 1.29 is 4.79 Å². The minimum Gasteiger partial charge on any atom is -0.298 e. The highest BCUT2D eigenvalue weighted by Crippen LogP contribution is 2.18. The SMILES string of the molecule is O=C1CCCC[C@H]1S. The summed E-state index contributed by atoms with van der Waals surface area (Å²) in [5.74, 6) is 0.333. The Kier molecular flexibility index (Phi) is 1.95. The zero-order valence-electron chi connectivity index (χ0n) is 4.76. The van der Waals surface area contributed by atoms with E-state index in [1.165, 1.54) is 6.42 Å². The fourth-order valence-electron chi connectivity index (χ4n) is 0.965. The Labute approximate surface area is 54.9 Å². The van der Waals surface area contributed by atoms with Crippen molar-refractivity contribution in [3.63, 3.8) is 0 Å². The first kappa shape index (κ1) is 6.14. The van der Waals surface area contributed by atoms with Crippen molar-refractivity contribution >= 4 is 18.4 Å². The van der Waals surface area contributed by atoms with E-state index in [9.17, 15) is 4.79 Å². The Morgan fingerprint density at radius 1 is 1.50 bits per heavy atom. The molecule has 0 radical (unpaired) electrons. The normalized spacial score (nSPS) is 30.6. The van der Waals surface area contributed by atoms with Crippen LogP contribution in [0.4, 0.5) is 0 Å². The van der Waals surface area contributed by atoms with Crippen molar-refractivity contribution in [3.05, 3.63) is 0 Å². The van der Waals surface area contributed by atoms with E-state index in [2.05, 4.69) is 12.6 Å². The molecule has 0 N–H and O–H groups in total. The number of rotatable bonds is 0. The lowest BCUT2D eigenvalue weighted by Gasteiger charge is -2.13. The summed E-state index contributed by atoms with van der Waals surface area (Å²) >= 11 is 4.11. The number of hydrogen-bond donors (Lipinski definition) is 1. The van der Waals surface area contributed by atoms with Gasteiger partial charge in [-0.25, -0.2) is 0 Å². The molecule has 1 rings (SSSR count). The van der Waals surface area contributed by atoms with Gasteiger partial charge in [0.15, 0.2) is 0 Å². The van der Waals surface area contributed by atoms with Crippen LogP contribution in [-0.4, -0.2) is 11.0 Å². The van der Waals surface area contributed by atoms with Crippen LogP contribution in [0.2, 0.25) is 0 Å². The molecule has 0 heterocycles. The van der Waals surface area contributed by atoms with Gasteiger partial charge in [0.2, 0.25) is 0 Å². The lowest BCUT2D eigenvalue weighted by Crippen LogP contribution is -2.18. The van der Waals surface area contributed by atoms with Gasteiger partial charge in [0.05, 0.1) is 5.25 Å². The van der Waals surface area contributed by atoms with E-state index in [4.69, 9.17) is 0 Å². The summed E-state index contributed by atoms with van der Waals surface area (Å²) in [7, 11) is 0. The number of carbonyl (C=O) groups excluding carboxylic acids is 1. The maximum atomic E-state index is 10.7. The number of thiol groups is 1. The molecule has 0 saturated heterocycles. The molecule has 0 aromatic rings. The second kappa shape index (κ2) is 2.53. The Hall–Kier alpha value is 0.0200. The second-order valence-electron chi connectivity index (χ2n) is 2.23. The number of Topliss-reactive ketones (excluding diaryl/α,β-unsaturated/α-hetero) is 1. The van der Waals surface area contributed by atoms with Gasteiger partial charge in [0.1, 0.15) is 5.78 Å². The van der Waals surface area contributed by atoms with E-state index < -0.39 is 0 Å². The molecular formula is C6H10OS. The summed E-state index contributed by atoms with van der Waals surface area (Å²) in [5.41, 5.74) is 0. The molecule has 0 unspecified atom stereocenters. The van der Waals surface area contributed by atoms with Crippen LogP contribution < -0.4 is 0 Å². The first-order chi connectivity index (χ1) is 3.80. The second-order valence-corrected chi connectivity index (χ2v) is 2.85. The number of ketones is 1. The van der Waals surface area contributed by atoms with Crippen LogP contribution in [-0.2, 0) is 4.79 Å². The number of carbonyl (C=O) groups is 1. The van der Waals surface area contributed by atoms with Gasteiger partial charge in [-0.05, 0) is 12.8 Å². The molecule has 1 saturated carbocycles. The smallest absolute Gasteiger partial charge is 0.145 e. The van der Waals surface area contributed by atoms with Crippen LogP contribution in [0.3, 0.4) is 0 Å². The third-order valence-electron chi connectivity index (χ3n) is 1.52. The van der Waals surface area contributed by atoms with E-state index >= 15 is 0 Å². The summed E-state index contributed by atoms with van der Waals surface area (Å²) < 4.78 is 0. The number of hydrogen-bond acceptors (Lipinski definition) is 2. The lowest BCUT2D eigenvalue weighted by atomic mass is 9.99. The summed E-state index contributed by atoms with van der Waals surface area (Å²) in [6.07, 6.45) is 4.01. The predicted octanol–water partition coefficient (Wildman–Crippen LogP) is 1.43. The van der Waals surface area contributed by atoms with Crippen molar-refractivity contribution in [1.29, 1.82) is 0 Å². The molecule has 1 aliphatic rings. The minimum atomic E-state index is 0.0590. The van der Waals surface area contributed by atoms with Crippen LogP contribution in [0, 0.1) is 0 Å². The average Bonchev–Trinajstić information content (AvgIpc) is 1.77. The molecule has 8 heavy (non-hydrogen) atoms. The monoisotopic (exact) mass is 130 g/mol. The molecule has 0 spiro atoms. The largest absolute Gasteiger partial charge is 0.298 e. The Morgan fingerprint density at radius 2 is 2.25 bits per heavy atom. The molecule has 0 aromatic carbocycles. The minimum absolute atomic E-state index is 0.0590. The predicted molar refractivity (Wildman–Crippen MR) is 36.2 cm³/mol. The van der Waals surface area contributed by atoms with Crippen LogP contribution in [0.1, 0.15) is 25.7 Å². The van der Waals surface area contributed by atoms with Gasteiger partial charge in [-0.1, -0.05) is 6.42 Å². The van der Waals surface area contributed by atoms with Gasteiger partial charge in [-0.3, -0.25) is 4.79 Å². The average molecular weight is 130 g/mol. The van der Waals surface area contributed by atoms with E-state index in [0.717, 1.165) is 19.3 Å². The van der Waals surface area contributed by atoms with Crippen molar-refractivity contribution in [2.45, 2.75) is 30.9 Å². The van der Waals surface area contributed by atoms with Crippen molar-refractivity contribution in [2.75, 3.05) is 0 Å². The third kappa shape index (κ3) is 1.25. The van der Waals surface area contributed by atoms with E-state index in [-0.39, 0.29) is 5.25 Å². The van der Waals surface area contributed by atoms with Crippen LogP contribution in [0.5, 0.6) is 0 Å². The maximum Gasteiger partial charge on any atom is 0.145 e. The molecule has 0 bridgehead atoms. The molecule has 0 aromatic heterocycles. The summed E-state index contributed by atoms with van der Waals surface area (Å²) in [6.45, 7) is 0. The van der Waals surface area contributed by atoms with Gasteiger partial charge in [-0.2, -0.15) is 12.6 Å². The lowest BCUT2D eigenvalue weighted by molar-refractivity contribution is -0.119. The zero-order chi connectivity index (χ0) is 5.98. The first-order valence-corrected chi connectivity index (χ1v) is 3.53. The van der Waals surface area contributed by atoms with E-state index in [1.54, 1.807) is 0 Å². The molecular weight excluding hydrogens is 120 g/mol. The molecule has 1 aliphatic carbocycles. The maximum absolute atomic E-state index is 10.7. The van der Waals surface area contributed by atoms with Gasteiger partial charge in [0.25, 0.3) is 0 Å². The van der Waals surface area contributed by atoms with Gasteiger partial charge >= 0.3 is 0 Å². The standard InChI is InChI=1S/C6H10OS/c7-5-3-1-2-4-6(5)8/h6,8H,1-4H2/t6-/m1/s1. The van der Waals surface area contributed by atoms with E-state index in [1.807, 2.05) is 0 Å². The molecule has 1 fully saturated rings. The first-order valence-electron chi connectivity index (χ1n) is 3.01. The Morgan fingerprint density at radius 3 is 2.62 bits per heavy atom. The highest BCUT2D eigenvalue weighted by molar-refractivity contribution is 7.81. The summed E-state index contributed by atoms with van der Waals surface area (Å²) in [5, 5.41) is 0.0590. The quantitative estimate of drug-likeness (QED) is 0.491. The van der Waals surface area contributed by atoms with Crippen molar-refractivity contribution in [3.8, 4) is 0 Å². The van der Waals surface area contributed by atoms with E-state index in [0.29, 0.717) is 5.78 Å². The summed E-state index contributed by atoms with van der Waals surface area (Å²) in [4.78, 5) is 10.7. The van der Waals surface area contributed by atoms with Gasteiger partial charge < -0.3 is 0 Å². The highest BCUT2D eigenvalue weighted by Gasteiger charge is 2.17. The fraction of sp³-hybridized carbons (Fsp3) is 0.833. The van der Waals surface area contributed by atoms with Crippen molar-refractivity contribution in [1.82, 2.24) is 0 Å². The summed E-state index contributed by atoms with van der Waals surface area (Å²) in [6, 6.07) is 0. The molecule has 1 atom stereocenters. The molecule has 0 amide bonds. The molecule has 1 nitrogen and oxygen atoms in total. The molecule has 2 heteroatoms. The zero-order valence-corrected chi connectivity index (χ0v) is 5.66. The third-order valence-corrected chi connectivity index (χ3v) is 2.07. The molecule has 0 aliphatic heterocycles. The molecule has 46 valence electrons. The van der Waals surface area contributed by atoms with Crippen molar-refractivity contribution in [2.24, 2.45) is 0 Å². The van der Waals surface area contributed by atoms with Gasteiger partial charge in [-0.15, -0.1) is 0 Å². The fourth-order valence-corrected chi connectivity index (χ4v) is 1.28. The van der Waals surface area contributed by atoms with Crippen LogP contribution >= 0.6 is 12.6 Å². The van der Waals surface area contributed by atoms with Gasteiger partial charge in [0, 0.05) is 6.42 Å². The Bertz CT molecular complexity index is 101. The Balaban J connectivity index is 2.39. The highest BCUT2D eigenvalue weighted by atomic mass is 32.1. The van der Waals surface area contributed by atoms with Crippen LogP contribution in [0.25, 0.3) is 0 Å². The van der Waals surface area contributed by atoms with Crippen LogP contribution in [0.15, 0.2) is 0 Å².